The van der Waals surface area contributed by atoms with Crippen LogP contribution in [-0.2, 0) is 0 Å². The molecule has 2 aliphatic heterocycles. The van der Waals surface area contributed by atoms with Gasteiger partial charge in [0, 0.05) is 76.2 Å². The first-order valence-electron chi connectivity index (χ1n) is 9.58. The molecule has 0 unspecified atom stereocenters. The fourth-order valence-electron chi connectivity index (χ4n) is 3.65. The van der Waals surface area contributed by atoms with Crippen molar-refractivity contribution in [3.63, 3.8) is 0 Å². The van der Waals surface area contributed by atoms with Gasteiger partial charge >= 0.3 is 0 Å². The largest absolute Gasteiger partial charge is 0.355 e. The summed E-state index contributed by atoms with van der Waals surface area (Å²) in [4.78, 5) is 20.3. The minimum absolute atomic E-state index is 0.135. The van der Waals surface area contributed by atoms with E-state index >= 15 is 0 Å². The fraction of sp³-hybridized carbons (Fsp3) is 0.737. The van der Waals surface area contributed by atoms with Gasteiger partial charge in [-0.15, -0.1) is 0 Å². The summed E-state index contributed by atoms with van der Waals surface area (Å²) in [7, 11) is 1.88. The number of guanidine groups is 1. The first-order chi connectivity index (χ1) is 12.3. The maximum absolute atomic E-state index is 4.49. The summed E-state index contributed by atoms with van der Waals surface area (Å²) in [5.41, 5.74) is 0.455. The van der Waals surface area contributed by atoms with Crippen molar-refractivity contribution in [2.45, 2.75) is 33.2 Å². The molecule has 2 aliphatic rings. The van der Waals surface area contributed by atoms with Crippen LogP contribution in [0.25, 0.3) is 0 Å². The van der Waals surface area contributed by atoms with Gasteiger partial charge in [0.15, 0.2) is 5.96 Å². The average molecular weight is 360 g/mol. The van der Waals surface area contributed by atoms with Crippen LogP contribution in [0, 0.1) is 5.41 Å². The van der Waals surface area contributed by atoms with E-state index < -0.39 is 0 Å². The van der Waals surface area contributed by atoms with Crippen molar-refractivity contribution in [1.29, 1.82) is 0 Å². The van der Waals surface area contributed by atoms with Crippen LogP contribution >= 0.6 is 0 Å². The van der Waals surface area contributed by atoms with Crippen molar-refractivity contribution in [3.8, 4) is 0 Å². The van der Waals surface area contributed by atoms with Crippen LogP contribution in [-0.4, -0.2) is 84.1 Å². The van der Waals surface area contributed by atoms with Crippen LogP contribution in [0.3, 0.4) is 0 Å². The number of anilines is 1. The van der Waals surface area contributed by atoms with Crippen molar-refractivity contribution < 1.29 is 0 Å². The maximum Gasteiger partial charge on any atom is 0.225 e. The smallest absolute Gasteiger partial charge is 0.225 e. The van der Waals surface area contributed by atoms with Crippen LogP contribution in [0.4, 0.5) is 5.95 Å². The molecule has 0 atom stereocenters. The van der Waals surface area contributed by atoms with Crippen LogP contribution in [0.1, 0.15) is 27.7 Å². The standard InChI is InChI=1S/C19H33N7/c1-18(2)15-26(19(18,3)4)16(20-5)23-9-10-24-11-13-25(14-12-24)17-21-7-6-8-22-17/h6-8H,9-15H2,1-5H3,(H,20,23). The highest BCUT2D eigenvalue weighted by atomic mass is 15.4. The summed E-state index contributed by atoms with van der Waals surface area (Å²) in [6, 6.07) is 1.86. The highest BCUT2D eigenvalue weighted by molar-refractivity contribution is 5.82. The third-order valence-corrected chi connectivity index (χ3v) is 6.27. The molecule has 2 fully saturated rings. The molecule has 144 valence electrons. The van der Waals surface area contributed by atoms with Crippen LogP contribution < -0.4 is 10.2 Å². The molecule has 3 rings (SSSR count). The Morgan fingerprint density at radius 2 is 1.77 bits per heavy atom. The number of aliphatic imine (C=N–C) groups is 1. The maximum atomic E-state index is 4.49. The molecule has 7 heteroatoms. The summed E-state index contributed by atoms with van der Waals surface area (Å²) in [5, 5.41) is 3.55. The van der Waals surface area contributed by atoms with Gasteiger partial charge < -0.3 is 15.1 Å². The molecule has 7 nitrogen and oxygen atoms in total. The number of nitrogens with one attached hydrogen (secondary N) is 1. The van der Waals surface area contributed by atoms with Gasteiger partial charge in [-0.25, -0.2) is 9.97 Å². The third kappa shape index (κ3) is 3.63. The number of nitrogens with zero attached hydrogens (tertiary/aromatic N) is 6. The van der Waals surface area contributed by atoms with Crippen molar-refractivity contribution >= 4 is 11.9 Å². The summed E-state index contributed by atoms with van der Waals surface area (Å²) in [5.74, 6) is 1.86. The van der Waals surface area contributed by atoms with Crippen LogP contribution in [0.5, 0.6) is 0 Å². The Hall–Kier alpha value is -1.89. The van der Waals surface area contributed by atoms with E-state index in [2.05, 4.69) is 62.7 Å². The minimum atomic E-state index is 0.135. The average Bonchev–Trinajstić information content (AvgIpc) is 2.65. The molecule has 1 N–H and O–H groups in total. The Kier molecular flexibility index (Phi) is 5.37. The highest BCUT2D eigenvalue weighted by Crippen LogP contribution is 2.46. The number of piperazine rings is 1. The zero-order valence-electron chi connectivity index (χ0n) is 16.9. The lowest BCUT2D eigenvalue weighted by Crippen LogP contribution is -2.72. The zero-order valence-corrected chi connectivity index (χ0v) is 16.9. The monoisotopic (exact) mass is 359 g/mol. The summed E-state index contributed by atoms with van der Waals surface area (Å²) in [6.07, 6.45) is 3.62. The van der Waals surface area contributed by atoms with Gasteiger partial charge in [0.2, 0.25) is 5.95 Å². The first kappa shape index (κ1) is 18.9. The quantitative estimate of drug-likeness (QED) is 0.646. The molecule has 0 amide bonds. The normalized spacial score (nSPS) is 22.9. The third-order valence-electron chi connectivity index (χ3n) is 6.27. The number of hydrogen-bond acceptors (Lipinski definition) is 5. The second-order valence-corrected chi connectivity index (χ2v) is 8.38. The molecule has 0 radical (unpaired) electrons. The molecular weight excluding hydrogens is 326 g/mol. The Morgan fingerprint density at radius 1 is 1.12 bits per heavy atom. The second-order valence-electron chi connectivity index (χ2n) is 8.38. The topological polar surface area (TPSA) is 59.9 Å². The molecule has 3 heterocycles. The Balaban J connectivity index is 1.42. The first-order valence-corrected chi connectivity index (χ1v) is 9.58. The SMILES string of the molecule is CN=C(NCCN1CCN(c2ncccn2)CC1)N1CC(C)(C)C1(C)C. The fourth-order valence-corrected chi connectivity index (χ4v) is 3.65. The molecule has 26 heavy (non-hydrogen) atoms. The van der Waals surface area contributed by atoms with Gasteiger partial charge in [0.1, 0.15) is 0 Å². The molecule has 2 saturated heterocycles. The predicted molar refractivity (Wildman–Crippen MR) is 107 cm³/mol. The van der Waals surface area contributed by atoms with Gasteiger partial charge in [-0.3, -0.25) is 9.89 Å². The molecule has 1 aromatic heterocycles. The lowest BCUT2D eigenvalue weighted by atomic mass is 9.65. The van der Waals surface area contributed by atoms with Crippen molar-refractivity contribution in [3.05, 3.63) is 18.5 Å². The van der Waals surface area contributed by atoms with E-state index in [1.165, 1.54) is 0 Å². The van der Waals surface area contributed by atoms with Crippen molar-refractivity contribution in [1.82, 2.24) is 25.1 Å². The summed E-state index contributed by atoms with van der Waals surface area (Å²) >= 11 is 0. The van der Waals surface area contributed by atoms with E-state index in [-0.39, 0.29) is 5.54 Å². The molecule has 0 spiro atoms. The molecule has 0 aromatic carbocycles. The lowest BCUT2D eigenvalue weighted by molar-refractivity contribution is -0.0667. The van der Waals surface area contributed by atoms with E-state index in [1.54, 1.807) is 0 Å². The Morgan fingerprint density at radius 3 is 2.31 bits per heavy atom. The number of likely N-dealkylation sites (tertiary alicyclic amines) is 1. The minimum Gasteiger partial charge on any atom is -0.355 e. The predicted octanol–water partition coefficient (Wildman–Crippen LogP) is 1.29. The summed E-state index contributed by atoms with van der Waals surface area (Å²) in [6.45, 7) is 16.3. The van der Waals surface area contributed by atoms with Crippen molar-refractivity contribution in [2.75, 3.05) is 57.8 Å². The van der Waals surface area contributed by atoms with Gasteiger partial charge in [-0.1, -0.05) is 13.8 Å². The van der Waals surface area contributed by atoms with Gasteiger partial charge in [-0.2, -0.15) is 0 Å². The Bertz CT molecular complexity index is 618. The van der Waals surface area contributed by atoms with Crippen molar-refractivity contribution in [2.24, 2.45) is 10.4 Å². The molecule has 0 bridgehead atoms. The highest BCUT2D eigenvalue weighted by Gasteiger charge is 2.53. The Labute approximate surface area is 157 Å². The van der Waals surface area contributed by atoms with E-state index in [4.69, 9.17) is 0 Å². The second kappa shape index (κ2) is 7.39. The van der Waals surface area contributed by atoms with Gasteiger partial charge in [0.25, 0.3) is 0 Å². The van der Waals surface area contributed by atoms with Crippen LogP contribution in [0.15, 0.2) is 23.5 Å². The summed E-state index contributed by atoms with van der Waals surface area (Å²) < 4.78 is 0. The van der Waals surface area contributed by atoms with Gasteiger partial charge in [-0.05, 0) is 19.9 Å². The molecule has 0 aliphatic carbocycles. The van der Waals surface area contributed by atoms with E-state index in [0.717, 1.165) is 57.7 Å². The molecular formula is C19H33N7. The zero-order chi connectivity index (χ0) is 18.8. The van der Waals surface area contributed by atoms with E-state index in [0.29, 0.717) is 5.41 Å². The number of rotatable bonds is 4. The number of aromatic nitrogens is 2. The van der Waals surface area contributed by atoms with E-state index in [1.807, 2.05) is 25.5 Å². The molecule has 0 saturated carbocycles. The van der Waals surface area contributed by atoms with Gasteiger partial charge in [0.05, 0.1) is 0 Å². The lowest BCUT2D eigenvalue weighted by Gasteiger charge is -2.62. The molecule has 1 aromatic rings. The van der Waals surface area contributed by atoms with E-state index in [9.17, 15) is 0 Å². The van der Waals surface area contributed by atoms with Crippen LogP contribution in [0.2, 0.25) is 0 Å². The number of hydrogen-bond donors (Lipinski definition) is 1.